The van der Waals surface area contributed by atoms with E-state index in [1.807, 2.05) is 13.8 Å². The Morgan fingerprint density at radius 1 is 1.24 bits per heavy atom. The van der Waals surface area contributed by atoms with Crippen LogP contribution in [0, 0.1) is 5.92 Å². The summed E-state index contributed by atoms with van der Waals surface area (Å²) in [6, 6.07) is 11.3. The average Bonchev–Trinajstić information content (AvgIpc) is 2.77. The molecule has 0 unspecified atom stereocenters. The van der Waals surface area contributed by atoms with Crippen LogP contribution in [-0.2, 0) is 21.4 Å². The average molecular weight is 481 g/mol. The summed E-state index contributed by atoms with van der Waals surface area (Å²) in [7, 11) is -4.21. The Hall–Kier alpha value is -3.92. The minimum Gasteiger partial charge on any atom is -0.506 e. The number of nitrogens with zero attached hydrogens (tertiary/aromatic N) is 2. The van der Waals surface area contributed by atoms with Crippen molar-refractivity contribution < 1.29 is 18.3 Å². The molecule has 176 valence electrons. The minimum absolute atomic E-state index is 0.122. The number of anilines is 1. The van der Waals surface area contributed by atoms with Crippen LogP contribution >= 0.6 is 0 Å². The molecule has 1 aliphatic heterocycles. The lowest BCUT2D eigenvalue weighted by molar-refractivity contribution is -0.113. The number of aromatic nitrogens is 1. The maximum Gasteiger partial charge on any atom is 0.286 e. The van der Waals surface area contributed by atoms with Crippen LogP contribution in [0.4, 0.5) is 5.69 Å². The van der Waals surface area contributed by atoms with Gasteiger partial charge < -0.3 is 20.7 Å². The molecule has 0 fully saturated rings. The van der Waals surface area contributed by atoms with Crippen molar-refractivity contribution >= 4 is 44.4 Å². The van der Waals surface area contributed by atoms with Gasteiger partial charge in [-0.25, -0.2) is 0 Å². The maximum absolute atomic E-state index is 13.5. The second-order valence-electron chi connectivity index (χ2n) is 8.41. The number of primary amides is 1. The molecule has 1 aromatic heterocycles. The zero-order chi connectivity index (χ0) is 24.6. The highest BCUT2D eigenvalue weighted by molar-refractivity contribution is 7.90. The monoisotopic (exact) mass is 480 g/mol. The number of amidine groups is 1. The molecule has 0 atom stereocenters. The maximum atomic E-state index is 13.5. The van der Waals surface area contributed by atoms with Gasteiger partial charge in [-0.05, 0) is 48.2 Å². The second kappa shape index (κ2) is 8.79. The highest BCUT2D eigenvalue weighted by Crippen LogP contribution is 2.33. The number of rotatable bonds is 6. The first-order valence-electron chi connectivity index (χ1n) is 10.7. The first-order chi connectivity index (χ1) is 16.1. The van der Waals surface area contributed by atoms with Gasteiger partial charge in [-0.3, -0.25) is 9.59 Å². The van der Waals surface area contributed by atoms with Crippen molar-refractivity contribution in [2.24, 2.45) is 16.0 Å². The lowest BCUT2D eigenvalue weighted by Crippen LogP contribution is -2.33. The van der Waals surface area contributed by atoms with Crippen LogP contribution < -0.4 is 16.6 Å². The van der Waals surface area contributed by atoms with E-state index in [2.05, 4.69) is 9.71 Å². The lowest BCUT2D eigenvalue weighted by atomic mass is 10.1. The van der Waals surface area contributed by atoms with Crippen molar-refractivity contribution in [3.63, 3.8) is 0 Å². The highest BCUT2D eigenvalue weighted by Gasteiger charge is 2.30. The van der Waals surface area contributed by atoms with Crippen LogP contribution in [0.15, 0.2) is 62.6 Å². The number of aromatic hydroxyl groups is 1. The summed E-state index contributed by atoms with van der Waals surface area (Å²) in [6.07, 6.45) is 3.22. The molecule has 4 N–H and O–H groups in total. The standard InChI is InChI=1S/C24H24N4O5S/c1-14(2)11-12-28-18-6-4-3-5-16(18)22(30)21(24(28)31)23-26-17-9-7-15(8-10-20(25)29)13-19(17)34(32,33)27-23/h3-10,13-14,30H,11-12H2,1-2H3,(H2,25,29)(H,26,27). The number of carbonyl (C=O) groups is 1. The van der Waals surface area contributed by atoms with Gasteiger partial charge in [-0.15, -0.1) is 4.40 Å². The van der Waals surface area contributed by atoms with Gasteiger partial charge in [0.1, 0.15) is 16.2 Å². The number of para-hydroxylation sites is 1. The first kappa shape index (κ1) is 23.2. The van der Waals surface area contributed by atoms with E-state index in [1.54, 1.807) is 30.3 Å². The largest absolute Gasteiger partial charge is 0.506 e. The van der Waals surface area contributed by atoms with Crippen LogP contribution in [-0.4, -0.2) is 29.8 Å². The van der Waals surface area contributed by atoms with Gasteiger partial charge in [0.2, 0.25) is 5.91 Å². The molecule has 2 heterocycles. The number of amides is 1. The van der Waals surface area contributed by atoms with Gasteiger partial charge in [0.25, 0.3) is 15.6 Å². The lowest BCUT2D eigenvalue weighted by Gasteiger charge is -2.21. The van der Waals surface area contributed by atoms with E-state index in [-0.39, 0.29) is 27.7 Å². The number of nitrogens with one attached hydrogen (secondary N) is 1. The van der Waals surface area contributed by atoms with Crippen molar-refractivity contribution in [2.45, 2.75) is 31.7 Å². The molecule has 0 saturated heterocycles. The molecule has 0 spiro atoms. The van der Waals surface area contributed by atoms with E-state index in [0.717, 1.165) is 12.5 Å². The SMILES string of the molecule is CC(C)CCn1c(=O)c(C2=NS(=O)(=O)c3cc(C=CC(N)=O)ccc3N2)c(O)c2ccccc21. The number of aryl methyl sites for hydroxylation is 1. The summed E-state index contributed by atoms with van der Waals surface area (Å²) in [5, 5.41) is 14.3. The normalized spacial score (nSPS) is 14.7. The van der Waals surface area contributed by atoms with Gasteiger partial charge in [0.15, 0.2) is 5.84 Å². The summed E-state index contributed by atoms with van der Waals surface area (Å²) < 4.78 is 31.4. The molecular formula is C24H24N4O5S. The molecule has 34 heavy (non-hydrogen) atoms. The molecule has 1 aliphatic rings. The van der Waals surface area contributed by atoms with E-state index in [1.165, 1.54) is 22.8 Å². The Kier molecular flexibility index (Phi) is 6.01. The molecule has 0 aliphatic carbocycles. The number of hydrogen-bond donors (Lipinski definition) is 3. The third kappa shape index (κ3) is 4.32. The summed E-state index contributed by atoms with van der Waals surface area (Å²) in [5.74, 6) is -0.926. The minimum atomic E-state index is -4.21. The Labute approximate surface area is 196 Å². The van der Waals surface area contributed by atoms with Crippen molar-refractivity contribution in [2.75, 3.05) is 5.32 Å². The summed E-state index contributed by atoms with van der Waals surface area (Å²) in [5.41, 5.74) is 5.53. The summed E-state index contributed by atoms with van der Waals surface area (Å²) in [4.78, 5) is 24.3. The molecule has 0 bridgehead atoms. The fourth-order valence-corrected chi connectivity index (χ4v) is 4.94. The number of sulfonamides is 1. The number of benzene rings is 2. The molecule has 0 saturated carbocycles. The van der Waals surface area contributed by atoms with E-state index in [0.29, 0.717) is 28.9 Å². The van der Waals surface area contributed by atoms with Gasteiger partial charge in [0, 0.05) is 18.0 Å². The predicted molar refractivity (Wildman–Crippen MR) is 131 cm³/mol. The highest BCUT2D eigenvalue weighted by atomic mass is 32.2. The molecule has 1 amide bonds. The fraction of sp³-hybridized carbons (Fsp3) is 0.208. The van der Waals surface area contributed by atoms with E-state index >= 15 is 0 Å². The smallest absolute Gasteiger partial charge is 0.286 e. The Balaban J connectivity index is 1.88. The van der Waals surface area contributed by atoms with Crippen molar-refractivity contribution in [3.8, 4) is 5.75 Å². The molecule has 0 radical (unpaired) electrons. The van der Waals surface area contributed by atoms with Gasteiger partial charge in [-0.2, -0.15) is 8.42 Å². The Bertz CT molecular complexity index is 1530. The van der Waals surface area contributed by atoms with Gasteiger partial charge in [-0.1, -0.05) is 32.0 Å². The molecule has 10 heteroatoms. The van der Waals surface area contributed by atoms with Crippen LogP contribution in [0.3, 0.4) is 0 Å². The topological polar surface area (TPSA) is 144 Å². The fourth-order valence-electron chi connectivity index (χ4n) is 3.78. The number of nitrogens with two attached hydrogens (primary N) is 1. The Morgan fingerprint density at radius 2 is 1.97 bits per heavy atom. The third-order valence-corrected chi connectivity index (χ3v) is 6.82. The third-order valence-electron chi connectivity index (χ3n) is 5.50. The zero-order valence-electron chi connectivity index (χ0n) is 18.6. The molecule has 3 aromatic rings. The number of carbonyl (C=O) groups excluding carboxylic acids is 1. The van der Waals surface area contributed by atoms with Crippen molar-refractivity contribution in [1.82, 2.24) is 4.57 Å². The molecule has 9 nitrogen and oxygen atoms in total. The quantitative estimate of drug-likeness (QED) is 0.463. The van der Waals surface area contributed by atoms with Crippen LogP contribution in [0.25, 0.3) is 17.0 Å². The zero-order valence-corrected chi connectivity index (χ0v) is 19.5. The van der Waals surface area contributed by atoms with Crippen LogP contribution in [0.5, 0.6) is 5.75 Å². The Morgan fingerprint density at radius 3 is 2.68 bits per heavy atom. The molecule has 2 aromatic carbocycles. The second-order valence-corrected chi connectivity index (χ2v) is 9.98. The van der Waals surface area contributed by atoms with E-state index in [9.17, 15) is 23.1 Å². The van der Waals surface area contributed by atoms with Crippen molar-refractivity contribution in [1.29, 1.82) is 0 Å². The summed E-state index contributed by atoms with van der Waals surface area (Å²) in [6.45, 7) is 4.48. The van der Waals surface area contributed by atoms with Crippen molar-refractivity contribution in [3.05, 3.63) is 70.0 Å². The predicted octanol–water partition coefficient (Wildman–Crippen LogP) is 2.81. The van der Waals surface area contributed by atoms with Crippen LogP contribution in [0.2, 0.25) is 0 Å². The molecule has 4 rings (SSSR count). The number of pyridine rings is 1. The number of hydrogen-bond acceptors (Lipinski definition) is 6. The van der Waals surface area contributed by atoms with Crippen LogP contribution in [0.1, 0.15) is 31.4 Å². The summed E-state index contributed by atoms with van der Waals surface area (Å²) >= 11 is 0. The molecular weight excluding hydrogens is 456 g/mol. The number of fused-ring (bicyclic) bond motifs is 2. The van der Waals surface area contributed by atoms with Gasteiger partial charge >= 0.3 is 0 Å². The first-order valence-corrected chi connectivity index (χ1v) is 12.1. The van der Waals surface area contributed by atoms with Gasteiger partial charge in [0.05, 0.1) is 11.2 Å². The van der Waals surface area contributed by atoms with E-state index in [4.69, 9.17) is 5.73 Å². The van der Waals surface area contributed by atoms with E-state index < -0.39 is 21.5 Å².